The minimum absolute atomic E-state index is 0.153. The molecule has 0 amide bonds. The fraction of sp³-hybridized carbons (Fsp3) is 0.385. The number of hydrogen-bond acceptors (Lipinski definition) is 4. The Morgan fingerprint density at radius 3 is 2.48 bits per heavy atom. The molecular formula is C13H18N2O4S2. The molecule has 0 bridgehead atoms. The van der Waals surface area contributed by atoms with E-state index in [4.69, 9.17) is 0 Å². The van der Waals surface area contributed by atoms with Gasteiger partial charge in [-0.1, -0.05) is 6.08 Å². The molecule has 2 rings (SSSR count). The maximum absolute atomic E-state index is 12.0. The summed E-state index contributed by atoms with van der Waals surface area (Å²) < 4.78 is 50.9. The van der Waals surface area contributed by atoms with Crippen molar-refractivity contribution in [1.82, 2.24) is 0 Å². The van der Waals surface area contributed by atoms with Crippen molar-refractivity contribution in [2.75, 3.05) is 27.1 Å². The number of rotatable bonds is 5. The average Bonchev–Trinajstić information content (AvgIpc) is 2.39. The molecule has 1 N–H and O–H groups in total. The third-order valence-corrected chi connectivity index (χ3v) is 6.21. The Bertz CT molecular complexity index is 709. The summed E-state index contributed by atoms with van der Waals surface area (Å²) in [6, 6.07) is 6.32. The Labute approximate surface area is 125 Å². The second-order valence-corrected chi connectivity index (χ2v) is 8.59. The number of nitrogens with one attached hydrogen (secondary N) is 1. The SMILES string of the molecule is C=CCS(=O)(=O)Nc1ccc(N2CCCCS2(=O)=O)cc1. The van der Waals surface area contributed by atoms with E-state index in [0.717, 1.165) is 6.42 Å². The van der Waals surface area contributed by atoms with Crippen molar-refractivity contribution in [1.29, 1.82) is 0 Å². The first-order valence-electron chi connectivity index (χ1n) is 6.56. The van der Waals surface area contributed by atoms with Crippen LogP contribution in [-0.2, 0) is 20.0 Å². The maximum atomic E-state index is 12.0. The smallest absolute Gasteiger partial charge is 0.236 e. The summed E-state index contributed by atoms with van der Waals surface area (Å²) in [5.74, 6) is -0.0179. The van der Waals surface area contributed by atoms with Crippen molar-refractivity contribution in [2.45, 2.75) is 12.8 Å². The zero-order valence-electron chi connectivity index (χ0n) is 11.5. The van der Waals surface area contributed by atoms with Gasteiger partial charge in [0.05, 0.1) is 17.2 Å². The zero-order chi connectivity index (χ0) is 15.5. The third-order valence-electron chi connectivity index (χ3n) is 3.12. The average molecular weight is 330 g/mol. The molecular weight excluding hydrogens is 312 g/mol. The van der Waals surface area contributed by atoms with Gasteiger partial charge in [-0.25, -0.2) is 16.8 Å². The van der Waals surface area contributed by atoms with Crippen LogP contribution in [0.5, 0.6) is 0 Å². The van der Waals surface area contributed by atoms with Crippen LogP contribution in [0.3, 0.4) is 0 Å². The van der Waals surface area contributed by atoms with Gasteiger partial charge in [0.25, 0.3) is 0 Å². The lowest BCUT2D eigenvalue weighted by atomic mass is 10.2. The molecule has 0 aromatic heterocycles. The summed E-state index contributed by atoms with van der Waals surface area (Å²) in [5.41, 5.74) is 0.955. The van der Waals surface area contributed by atoms with E-state index in [9.17, 15) is 16.8 Å². The quantitative estimate of drug-likeness (QED) is 0.830. The summed E-state index contributed by atoms with van der Waals surface area (Å²) in [4.78, 5) is 0. The molecule has 0 unspecified atom stereocenters. The van der Waals surface area contributed by atoms with Gasteiger partial charge < -0.3 is 0 Å². The third kappa shape index (κ3) is 3.98. The van der Waals surface area contributed by atoms with Crippen LogP contribution in [0.25, 0.3) is 0 Å². The van der Waals surface area contributed by atoms with Crippen molar-refractivity contribution >= 4 is 31.4 Å². The standard InChI is InChI=1S/C13H18N2O4S2/c1-2-10-20(16,17)14-12-5-7-13(8-6-12)15-9-3-4-11-21(15,18)19/h2,5-8,14H,1,3-4,9-11H2. The number of nitrogens with zero attached hydrogens (tertiary/aromatic N) is 1. The summed E-state index contributed by atoms with van der Waals surface area (Å²) in [6.07, 6.45) is 2.81. The van der Waals surface area contributed by atoms with Gasteiger partial charge in [0.1, 0.15) is 0 Å². The highest BCUT2D eigenvalue weighted by atomic mass is 32.2. The van der Waals surface area contributed by atoms with E-state index >= 15 is 0 Å². The van der Waals surface area contributed by atoms with Gasteiger partial charge in [-0.05, 0) is 37.1 Å². The molecule has 1 saturated heterocycles. The maximum Gasteiger partial charge on any atom is 0.236 e. The van der Waals surface area contributed by atoms with Crippen molar-refractivity contribution in [3.05, 3.63) is 36.9 Å². The summed E-state index contributed by atoms with van der Waals surface area (Å²) in [5, 5.41) is 0. The van der Waals surface area contributed by atoms with Crippen molar-refractivity contribution in [3.63, 3.8) is 0 Å². The molecule has 1 aliphatic rings. The van der Waals surface area contributed by atoms with Crippen LogP contribution in [0.15, 0.2) is 36.9 Å². The highest BCUT2D eigenvalue weighted by Crippen LogP contribution is 2.25. The van der Waals surface area contributed by atoms with Gasteiger partial charge in [-0.3, -0.25) is 9.03 Å². The molecule has 116 valence electrons. The van der Waals surface area contributed by atoms with E-state index in [2.05, 4.69) is 11.3 Å². The molecule has 6 nitrogen and oxygen atoms in total. The molecule has 0 aliphatic carbocycles. The van der Waals surface area contributed by atoms with Crippen LogP contribution >= 0.6 is 0 Å². The number of hydrogen-bond donors (Lipinski definition) is 1. The first-order chi connectivity index (χ1) is 9.84. The fourth-order valence-corrected chi connectivity index (χ4v) is 4.68. The minimum Gasteiger partial charge on any atom is -0.283 e. The van der Waals surface area contributed by atoms with Gasteiger partial charge in [0.2, 0.25) is 20.0 Å². The second kappa shape index (κ2) is 6.07. The molecule has 1 aliphatic heterocycles. The molecule has 1 aromatic carbocycles. The Balaban J connectivity index is 2.17. The number of anilines is 2. The van der Waals surface area contributed by atoms with E-state index in [1.165, 1.54) is 10.4 Å². The normalized spacial score (nSPS) is 18.2. The Hall–Kier alpha value is -1.54. The zero-order valence-corrected chi connectivity index (χ0v) is 13.2. The minimum atomic E-state index is -3.45. The predicted octanol–water partition coefficient (Wildman–Crippen LogP) is 1.54. The van der Waals surface area contributed by atoms with Gasteiger partial charge in [0, 0.05) is 12.2 Å². The fourth-order valence-electron chi connectivity index (χ4n) is 2.15. The summed E-state index contributed by atoms with van der Waals surface area (Å²) in [6.45, 7) is 3.85. The molecule has 8 heteroatoms. The Kier molecular flexibility index (Phi) is 4.58. The van der Waals surface area contributed by atoms with Crippen molar-refractivity contribution < 1.29 is 16.8 Å². The first kappa shape index (κ1) is 15.8. The summed E-state index contributed by atoms with van der Waals surface area (Å²) in [7, 11) is -6.70. The predicted molar refractivity (Wildman–Crippen MR) is 84.4 cm³/mol. The van der Waals surface area contributed by atoms with E-state index in [-0.39, 0.29) is 11.5 Å². The van der Waals surface area contributed by atoms with Crippen LogP contribution < -0.4 is 9.03 Å². The van der Waals surface area contributed by atoms with E-state index in [0.29, 0.717) is 24.3 Å². The van der Waals surface area contributed by atoms with E-state index in [1.54, 1.807) is 24.3 Å². The van der Waals surface area contributed by atoms with Gasteiger partial charge >= 0.3 is 0 Å². The molecule has 0 spiro atoms. The molecule has 0 radical (unpaired) electrons. The highest BCUT2D eigenvalue weighted by molar-refractivity contribution is 7.93. The second-order valence-electron chi connectivity index (χ2n) is 4.81. The van der Waals surface area contributed by atoms with Crippen LogP contribution in [-0.4, -0.2) is 34.9 Å². The van der Waals surface area contributed by atoms with E-state index in [1.807, 2.05) is 0 Å². The van der Waals surface area contributed by atoms with Gasteiger partial charge in [-0.15, -0.1) is 6.58 Å². The topological polar surface area (TPSA) is 83.6 Å². The monoisotopic (exact) mass is 330 g/mol. The van der Waals surface area contributed by atoms with Crippen molar-refractivity contribution in [2.24, 2.45) is 0 Å². The Morgan fingerprint density at radius 2 is 1.90 bits per heavy atom. The number of benzene rings is 1. The van der Waals surface area contributed by atoms with Crippen LogP contribution in [0, 0.1) is 0 Å². The van der Waals surface area contributed by atoms with Crippen LogP contribution in [0.2, 0.25) is 0 Å². The largest absolute Gasteiger partial charge is 0.283 e. The molecule has 0 atom stereocenters. The van der Waals surface area contributed by atoms with Crippen LogP contribution in [0.4, 0.5) is 11.4 Å². The molecule has 1 aromatic rings. The van der Waals surface area contributed by atoms with Gasteiger partial charge in [0.15, 0.2) is 0 Å². The number of sulfonamides is 2. The summed E-state index contributed by atoms with van der Waals surface area (Å²) >= 11 is 0. The van der Waals surface area contributed by atoms with Gasteiger partial charge in [-0.2, -0.15) is 0 Å². The lowest BCUT2D eigenvalue weighted by Crippen LogP contribution is -2.37. The lowest BCUT2D eigenvalue weighted by molar-refractivity contribution is 0.574. The molecule has 1 fully saturated rings. The highest BCUT2D eigenvalue weighted by Gasteiger charge is 2.25. The van der Waals surface area contributed by atoms with E-state index < -0.39 is 20.0 Å². The molecule has 1 heterocycles. The molecule has 21 heavy (non-hydrogen) atoms. The Morgan fingerprint density at radius 1 is 1.24 bits per heavy atom. The lowest BCUT2D eigenvalue weighted by Gasteiger charge is -2.28. The van der Waals surface area contributed by atoms with Crippen LogP contribution in [0.1, 0.15) is 12.8 Å². The molecule has 0 saturated carbocycles. The first-order valence-corrected chi connectivity index (χ1v) is 9.82. The van der Waals surface area contributed by atoms with Crippen molar-refractivity contribution in [3.8, 4) is 0 Å².